The standard InChI is InChI=1S/C26H45NO3/c1-11-30-25(28)13-12-24(19(8)9)27(29)20(10)26-22(17(4)5)14-21(16(2)3)15-23(26)18(6)7/h14-20,24,29H,11-13H2,1-10H3/t20-,24+/m1/s1. The molecule has 0 fully saturated rings. The number of ether oxygens (including phenoxy) is 1. The summed E-state index contributed by atoms with van der Waals surface area (Å²) in [6.45, 7) is 21.9. The molecule has 0 aliphatic heterocycles. The fraction of sp³-hybridized carbons (Fsp3) is 0.731. The number of hydrogen-bond donors (Lipinski definition) is 1. The maximum absolute atomic E-state index is 11.9. The molecule has 1 aromatic rings. The molecule has 1 N–H and O–H groups in total. The molecule has 0 aromatic heterocycles. The molecule has 0 saturated carbocycles. The second-order valence-corrected chi connectivity index (χ2v) is 9.79. The summed E-state index contributed by atoms with van der Waals surface area (Å²) in [4.78, 5) is 11.9. The lowest BCUT2D eigenvalue weighted by Crippen LogP contribution is -2.39. The van der Waals surface area contributed by atoms with Crippen molar-refractivity contribution in [2.75, 3.05) is 6.61 Å². The third-order valence-corrected chi connectivity index (χ3v) is 6.05. The van der Waals surface area contributed by atoms with Gasteiger partial charge in [0.1, 0.15) is 0 Å². The van der Waals surface area contributed by atoms with Crippen LogP contribution < -0.4 is 0 Å². The van der Waals surface area contributed by atoms with E-state index in [4.69, 9.17) is 4.74 Å². The van der Waals surface area contributed by atoms with E-state index in [0.29, 0.717) is 37.2 Å². The largest absolute Gasteiger partial charge is 0.466 e. The van der Waals surface area contributed by atoms with Crippen molar-refractivity contribution in [1.82, 2.24) is 5.06 Å². The number of rotatable bonds is 11. The summed E-state index contributed by atoms with van der Waals surface area (Å²) in [5.41, 5.74) is 5.20. The van der Waals surface area contributed by atoms with Crippen molar-refractivity contribution in [3.8, 4) is 0 Å². The van der Waals surface area contributed by atoms with E-state index in [-0.39, 0.29) is 24.0 Å². The Kier molecular flexibility index (Phi) is 10.5. The highest BCUT2D eigenvalue weighted by Crippen LogP contribution is 2.38. The first-order chi connectivity index (χ1) is 13.9. The van der Waals surface area contributed by atoms with Crippen LogP contribution in [-0.2, 0) is 9.53 Å². The lowest BCUT2D eigenvalue weighted by molar-refractivity contribution is -0.172. The Morgan fingerprint density at radius 1 is 0.933 bits per heavy atom. The van der Waals surface area contributed by atoms with E-state index >= 15 is 0 Å². The highest BCUT2D eigenvalue weighted by Gasteiger charge is 2.30. The highest BCUT2D eigenvalue weighted by molar-refractivity contribution is 5.69. The normalized spacial score (nSPS) is 14.3. The van der Waals surface area contributed by atoms with E-state index in [9.17, 15) is 10.0 Å². The molecule has 0 spiro atoms. The molecule has 4 nitrogen and oxygen atoms in total. The number of hydroxylamine groups is 2. The molecule has 0 bridgehead atoms. The van der Waals surface area contributed by atoms with Crippen LogP contribution in [0.2, 0.25) is 0 Å². The molecule has 4 heteroatoms. The minimum atomic E-state index is -0.198. The molecule has 0 saturated heterocycles. The Morgan fingerprint density at radius 2 is 1.43 bits per heavy atom. The topological polar surface area (TPSA) is 49.8 Å². The van der Waals surface area contributed by atoms with Crippen molar-refractivity contribution in [2.45, 2.75) is 112 Å². The Morgan fingerprint density at radius 3 is 1.80 bits per heavy atom. The smallest absolute Gasteiger partial charge is 0.305 e. The molecule has 0 amide bonds. The highest BCUT2D eigenvalue weighted by atomic mass is 16.5. The van der Waals surface area contributed by atoms with E-state index in [1.807, 2.05) is 6.92 Å². The Balaban J connectivity index is 3.37. The van der Waals surface area contributed by atoms with E-state index in [1.54, 1.807) is 0 Å². The van der Waals surface area contributed by atoms with Gasteiger partial charge in [0.25, 0.3) is 0 Å². The number of carbonyl (C=O) groups excluding carboxylic acids is 1. The summed E-state index contributed by atoms with van der Waals surface area (Å²) in [6.07, 6.45) is 0.899. The molecule has 172 valence electrons. The van der Waals surface area contributed by atoms with Gasteiger partial charge >= 0.3 is 5.97 Å². The van der Waals surface area contributed by atoms with E-state index in [1.165, 1.54) is 27.3 Å². The summed E-state index contributed by atoms with van der Waals surface area (Å²) >= 11 is 0. The Bertz CT molecular complexity index is 650. The molecule has 0 aliphatic rings. The average molecular weight is 420 g/mol. The molecule has 2 atom stereocenters. The number of benzene rings is 1. The van der Waals surface area contributed by atoms with Crippen LogP contribution in [0.1, 0.15) is 128 Å². The molecule has 0 unspecified atom stereocenters. The van der Waals surface area contributed by atoms with E-state index in [0.717, 1.165) is 0 Å². The van der Waals surface area contributed by atoms with Crippen molar-refractivity contribution in [3.63, 3.8) is 0 Å². The van der Waals surface area contributed by atoms with Gasteiger partial charge in [-0.3, -0.25) is 4.79 Å². The summed E-state index contributed by atoms with van der Waals surface area (Å²) in [6, 6.07) is 4.37. The summed E-state index contributed by atoms with van der Waals surface area (Å²) < 4.78 is 5.09. The Hall–Kier alpha value is -1.39. The van der Waals surface area contributed by atoms with Crippen LogP contribution >= 0.6 is 0 Å². The molecule has 0 aliphatic carbocycles. The zero-order chi connectivity index (χ0) is 23.2. The SMILES string of the molecule is CCOC(=O)CC[C@@H](C(C)C)N(O)[C@H](C)c1c(C(C)C)cc(C(C)C)cc1C(C)C. The zero-order valence-electron chi connectivity index (χ0n) is 21.0. The van der Waals surface area contributed by atoms with Gasteiger partial charge in [0, 0.05) is 12.5 Å². The van der Waals surface area contributed by atoms with Crippen LogP contribution in [0.4, 0.5) is 0 Å². The first kappa shape index (κ1) is 26.6. The number of carbonyl (C=O) groups is 1. The van der Waals surface area contributed by atoms with Crippen LogP contribution in [0.5, 0.6) is 0 Å². The summed E-state index contributed by atoms with van der Waals surface area (Å²) in [5.74, 6) is 1.21. The molecule has 1 rings (SSSR count). The number of esters is 1. The molecule has 30 heavy (non-hydrogen) atoms. The number of nitrogens with zero attached hydrogens (tertiary/aromatic N) is 1. The minimum Gasteiger partial charge on any atom is -0.466 e. The van der Waals surface area contributed by atoms with Gasteiger partial charge in [-0.15, -0.1) is 0 Å². The summed E-state index contributed by atoms with van der Waals surface area (Å²) in [5, 5.41) is 12.8. The number of hydrogen-bond acceptors (Lipinski definition) is 4. The fourth-order valence-corrected chi connectivity index (χ4v) is 4.18. The van der Waals surface area contributed by atoms with Crippen LogP contribution in [-0.4, -0.2) is 28.9 Å². The van der Waals surface area contributed by atoms with Gasteiger partial charge in [0.15, 0.2) is 0 Å². The Labute approximate surface area is 185 Å². The molecule has 1 aromatic carbocycles. The van der Waals surface area contributed by atoms with Crippen LogP contribution in [0.25, 0.3) is 0 Å². The zero-order valence-corrected chi connectivity index (χ0v) is 21.0. The average Bonchev–Trinajstić information content (AvgIpc) is 2.65. The molecular weight excluding hydrogens is 374 g/mol. The van der Waals surface area contributed by atoms with Gasteiger partial charge in [-0.25, -0.2) is 0 Å². The van der Waals surface area contributed by atoms with Crippen molar-refractivity contribution in [1.29, 1.82) is 0 Å². The van der Waals surface area contributed by atoms with Crippen molar-refractivity contribution in [3.05, 3.63) is 34.4 Å². The van der Waals surface area contributed by atoms with Crippen molar-refractivity contribution >= 4 is 5.97 Å². The third-order valence-electron chi connectivity index (χ3n) is 6.05. The monoisotopic (exact) mass is 419 g/mol. The first-order valence-corrected chi connectivity index (χ1v) is 11.7. The van der Waals surface area contributed by atoms with Gasteiger partial charge in [-0.2, -0.15) is 5.06 Å². The fourth-order valence-electron chi connectivity index (χ4n) is 4.18. The molecule has 0 heterocycles. The van der Waals surface area contributed by atoms with Gasteiger partial charge in [0.2, 0.25) is 0 Å². The minimum absolute atomic E-state index is 0.116. The second-order valence-electron chi connectivity index (χ2n) is 9.79. The predicted molar refractivity (Wildman–Crippen MR) is 125 cm³/mol. The molecular formula is C26H45NO3. The van der Waals surface area contributed by atoms with Gasteiger partial charge in [-0.1, -0.05) is 67.5 Å². The lowest BCUT2D eigenvalue weighted by atomic mass is 9.81. The lowest BCUT2D eigenvalue weighted by Gasteiger charge is -2.37. The van der Waals surface area contributed by atoms with Crippen molar-refractivity contribution < 1.29 is 14.7 Å². The van der Waals surface area contributed by atoms with E-state index in [2.05, 4.69) is 74.4 Å². The molecule has 0 radical (unpaired) electrons. The van der Waals surface area contributed by atoms with Crippen LogP contribution in [0.3, 0.4) is 0 Å². The third kappa shape index (κ3) is 6.81. The van der Waals surface area contributed by atoms with Crippen LogP contribution in [0, 0.1) is 5.92 Å². The second kappa shape index (κ2) is 11.9. The van der Waals surface area contributed by atoms with Crippen molar-refractivity contribution in [2.24, 2.45) is 5.92 Å². The predicted octanol–water partition coefficient (Wildman–Crippen LogP) is 7.18. The van der Waals surface area contributed by atoms with Gasteiger partial charge in [-0.05, 0) is 66.2 Å². The summed E-state index contributed by atoms with van der Waals surface area (Å²) in [7, 11) is 0. The quantitative estimate of drug-likeness (QED) is 0.305. The maximum Gasteiger partial charge on any atom is 0.305 e. The maximum atomic E-state index is 11.9. The van der Waals surface area contributed by atoms with Crippen LogP contribution in [0.15, 0.2) is 12.1 Å². The van der Waals surface area contributed by atoms with E-state index < -0.39 is 0 Å². The van der Waals surface area contributed by atoms with Gasteiger partial charge in [0.05, 0.1) is 12.6 Å². The van der Waals surface area contributed by atoms with Gasteiger partial charge < -0.3 is 9.94 Å². The first-order valence-electron chi connectivity index (χ1n) is 11.7.